The van der Waals surface area contributed by atoms with Crippen LogP contribution < -0.4 is 0 Å². The molecule has 9 heteroatoms. The van der Waals surface area contributed by atoms with Gasteiger partial charge in [0.1, 0.15) is 12.6 Å². The number of hydrogen-bond acceptors (Lipinski definition) is 8. The molecule has 35 heavy (non-hydrogen) atoms. The number of carbonyl (C=O) groups excluding carboxylic acids is 2. The molecule has 1 aromatic heterocycles. The van der Waals surface area contributed by atoms with Crippen LogP contribution in [0.15, 0.2) is 75.2 Å². The Balaban J connectivity index is 1.39. The lowest BCUT2D eigenvalue weighted by Crippen LogP contribution is -2.47. The van der Waals surface area contributed by atoms with Gasteiger partial charge >= 0.3 is 5.97 Å². The number of nitrogens with zero attached hydrogens (tertiary/aromatic N) is 4. The van der Waals surface area contributed by atoms with E-state index in [4.69, 9.17) is 9.73 Å². The molecule has 1 saturated heterocycles. The Kier molecular flexibility index (Phi) is 7.08. The fraction of sp³-hybridized carbons (Fsp3) is 0.346. The number of thioether (sulfide) groups is 1. The summed E-state index contributed by atoms with van der Waals surface area (Å²) < 4.78 is 5.74. The zero-order valence-electron chi connectivity index (χ0n) is 19.8. The molecule has 2 aromatic rings. The number of aliphatic imine (C=N–C) groups is 1. The Morgan fingerprint density at radius 1 is 1.09 bits per heavy atom. The molecule has 1 atom stereocenters. The van der Waals surface area contributed by atoms with Crippen molar-refractivity contribution < 1.29 is 14.3 Å². The van der Waals surface area contributed by atoms with Crippen LogP contribution >= 0.6 is 23.1 Å². The number of rotatable bonds is 6. The first kappa shape index (κ1) is 23.8. The normalized spacial score (nSPS) is 20.5. The predicted octanol–water partition coefficient (Wildman–Crippen LogP) is 4.23. The average molecular weight is 509 g/mol. The minimum atomic E-state index is -0.380. The number of amidine groups is 1. The van der Waals surface area contributed by atoms with E-state index in [1.54, 1.807) is 11.3 Å². The van der Waals surface area contributed by atoms with Gasteiger partial charge in [-0.05, 0) is 36.4 Å². The number of thiophene rings is 1. The van der Waals surface area contributed by atoms with Gasteiger partial charge in [-0.15, -0.1) is 11.3 Å². The van der Waals surface area contributed by atoms with Gasteiger partial charge < -0.3 is 19.4 Å². The van der Waals surface area contributed by atoms with Gasteiger partial charge in [0.25, 0.3) is 0 Å². The van der Waals surface area contributed by atoms with Crippen LogP contribution in [0.4, 0.5) is 0 Å². The van der Waals surface area contributed by atoms with E-state index in [2.05, 4.69) is 16.8 Å². The number of hydrogen-bond donors (Lipinski definition) is 0. The highest BCUT2D eigenvalue weighted by Gasteiger charge is 2.42. The van der Waals surface area contributed by atoms with Crippen LogP contribution in [0.1, 0.15) is 29.8 Å². The molecule has 7 nitrogen and oxygen atoms in total. The predicted molar refractivity (Wildman–Crippen MR) is 140 cm³/mol. The Labute approximate surface area is 213 Å². The highest BCUT2D eigenvalue weighted by molar-refractivity contribution is 8.16. The minimum Gasteiger partial charge on any atom is -0.457 e. The minimum absolute atomic E-state index is 0.107. The molecule has 0 aliphatic carbocycles. The Morgan fingerprint density at radius 2 is 1.86 bits per heavy atom. The van der Waals surface area contributed by atoms with Gasteiger partial charge in [0.15, 0.2) is 5.17 Å². The second kappa shape index (κ2) is 10.4. The second-order valence-electron chi connectivity index (χ2n) is 8.83. The van der Waals surface area contributed by atoms with Gasteiger partial charge in [-0.2, -0.15) is 0 Å². The highest BCUT2D eigenvalue weighted by atomic mass is 32.2. The van der Waals surface area contributed by atoms with Crippen LogP contribution in [0.25, 0.3) is 0 Å². The summed E-state index contributed by atoms with van der Waals surface area (Å²) in [6.07, 6.45) is 0.281. The lowest BCUT2D eigenvalue weighted by Gasteiger charge is -2.37. The van der Waals surface area contributed by atoms with Crippen LogP contribution in [-0.4, -0.2) is 65.0 Å². The van der Waals surface area contributed by atoms with Crippen LogP contribution in [-0.2, 0) is 20.9 Å². The molecule has 3 aliphatic rings. The fourth-order valence-corrected chi connectivity index (χ4v) is 6.26. The van der Waals surface area contributed by atoms with Crippen molar-refractivity contribution >= 4 is 40.1 Å². The van der Waals surface area contributed by atoms with Crippen LogP contribution in [0.2, 0.25) is 0 Å². The number of fused-ring (bicyclic) bond motifs is 1. The maximum atomic E-state index is 13.4. The molecule has 0 unspecified atom stereocenters. The Morgan fingerprint density at radius 3 is 2.57 bits per heavy atom. The summed E-state index contributed by atoms with van der Waals surface area (Å²) in [6.45, 7) is 5.30. The molecule has 0 N–H and O–H groups in total. The first-order chi connectivity index (χ1) is 17.0. The molecule has 0 saturated carbocycles. The van der Waals surface area contributed by atoms with Gasteiger partial charge in [0, 0.05) is 36.8 Å². The molecule has 4 heterocycles. The van der Waals surface area contributed by atoms with E-state index >= 15 is 0 Å². The van der Waals surface area contributed by atoms with Gasteiger partial charge in [-0.25, -0.2) is 9.79 Å². The van der Waals surface area contributed by atoms with Crippen molar-refractivity contribution in [2.24, 2.45) is 4.99 Å². The van der Waals surface area contributed by atoms with Crippen molar-refractivity contribution in [2.75, 3.05) is 33.2 Å². The van der Waals surface area contributed by atoms with E-state index in [1.807, 2.05) is 65.1 Å². The third-order valence-electron chi connectivity index (χ3n) is 6.43. The summed E-state index contributed by atoms with van der Waals surface area (Å²) in [5, 5.41) is 4.80. The molecule has 5 rings (SSSR count). The number of amides is 1. The van der Waals surface area contributed by atoms with Crippen molar-refractivity contribution in [3.05, 3.63) is 80.7 Å². The second-order valence-corrected chi connectivity index (χ2v) is 10.6. The molecule has 1 fully saturated rings. The average Bonchev–Trinajstić information content (AvgIpc) is 3.53. The molecule has 0 spiro atoms. The topological polar surface area (TPSA) is 65.5 Å². The first-order valence-electron chi connectivity index (χ1n) is 11.7. The van der Waals surface area contributed by atoms with Crippen LogP contribution in [0, 0.1) is 0 Å². The van der Waals surface area contributed by atoms with Crippen LogP contribution in [0.5, 0.6) is 0 Å². The zero-order valence-corrected chi connectivity index (χ0v) is 21.5. The number of esters is 1. The quantitative estimate of drug-likeness (QED) is 0.544. The van der Waals surface area contributed by atoms with Gasteiger partial charge in [0.2, 0.25) is 5.91 Å². The summed E-state index contributed by atoms with van der Waals surface area (Å²) in [7, 11) is 2.08. The first-order valence-corrected chi connectivity index (χ1v) is 13.4. The van der Waals surface area contributed by atoms with Crippen molar-refractivity contribution in [1.82, 2.24) is 14.7 Å². The number of benzene rings is 1. The Hall–Kier alpha value is -2.88. The number of carbonyl (C=O) groups is 2. The Bertz CT molecular complexity index is 1180. The molecule has 182 valence electrons. The SMILES string of the molecule is CC1=C(C(=O)OCc2ccccc2)[C@H](c2cccs2)N2C(CC(=O)N3CCN(C)CC3)=CSC2=N1. The highest BCUT2D eigenvalue weighted by Crippen LogP contribution is 2.46. The van der Waals surface area contributed by atoms with Crippen molar-refractivity contribution in [3.8, 4) is 0 Å². The smallest absolute Gasteiger partial charge is 0.338 e. The van der Waals surface area contributed by atoms with Gasteiger partial charge in [-0.3, -0.25) is 4.79 Å². The number of likely N-dealkylation sites (N-methyl/N-ethyl adjacent to an activating group) is 1. The van der Waals surface area contributed by atoms with Crippen molar-refractivity contribution in [1.29, 1.82) is 0 Å². The number of piperazine rings is 1. The molecular weight excluding hydrogens is 480 g/mol. The van der Waals surface area contributed by atoms with E-state index in [0.29, 0.717) is 11.3 Å². The lowest BCUT2D eigenvalue weighted by atomic mass is 9.99. The third-order valence-corrected chi connectivity index (χ3v) is 8.25. The summed E-state index contributed by atoms with van der Waals surface area (Å²) in [6, 6.07) is 13.3. The number of ether oxygens (including phenoxy) is 1. The maximum absolute atomic E-state index is 13.4. The largest absolute Gasteiger partial charge is 0.457 e. The summed E-state index contributed by atoms with van der Waals surface area (Å²) >= 11 is 3.09. The fourth-order valence-electron chi connectivity index (χ4n) is 4.47. The van der Waals surface area contributed by atoms with E-state index in [0.717, 1.165) is 47.5 Å². The summed E-state index contributed by atoms with van der Waals surface area (Å²) in [4.78, 5) is 38.5. The molecule has 1 aromatic carbocycles. The van der Waals surface area contributed by atoms with Crippen molar-refractivity contribution in [3.63, 3.8) is 0 Å². The monoisotopic (exact) mass is 508 g/mol. The molecule has 0 radical (unpaired) electrons. The zero-order chi connectivity index (χ0) is 24.4. The summed E-state index contributed by atoms with van der Waals surface area (Å²) in [5.41, 5.74) is 2.98. The lowest BCUT2D eigenvalue weighted by molar-refractivity contribution is -0.141. The van der Waals surface area contributed by atoms with E-state index in [-0.39, 0.29) is 30.9 Å². The van der Waals surface area contributed by atoms with E-state index in [9.17, 15) is 9.59 Å². The number of allylic oxidation sites excluding steroid dienone is 1. The summed E-state index contributed by atoms with van der Waals surface area (Å²) in [5.74, 6) is -0.273. The van der Waals surface area contributed by atoms with Crippen molar-refractivity contribution in [2.45, 2.75) is 26.0 Å². The maximum Gasteiger partial charge on any atom is 0.338 e. The molecular formula is C26H28N4O3S2. The van der Waals surface area contributed by atoms with Crippen LogP contribution in [0.3, 0.4) is 0 Å². The van der Waals surface area contributed by atoms with Gasteiger partial charge in [0.05, 0.1) is 17.7 Å². The third kappa shape index (κ3) is 5.07. The molecule has 3 aliphatic heterocycles. The molecule has 1 amide bonds. The van der Waals surface area contributed by atoms with E-state index < -0.39 is 0 Å². The molecule has 0 bridgehead atoms. The van der Waals surface area contributed by atoms with E-state index in [1.165, 1.54) is 11.8 Å². The van der Waals surface area contributed by atoms with Gasteiger partial charge in [-0.1, -0.05) is 48.2 Å². The standard InChI is InChI=1S/C26H28N4O3S2/c1-18-23(25(32)33-16-19-7-4-3-5-8-19)24(21-9-6-14-34-21)30-20(17-35-26(30)27-18)15-22(31)29-12-10-28(2)11-13-29/h3-9,14,17,24H,10-13,15-16H2,1-2H3/t24-/m0/s1.